The first-order valence-corrected chi connectivity index (χ1v) is 0. The van der Waals surface area contributed by atoms with E-state index >= 15 is 0 Å². The molecule has 8 heavy (non-hydrogen) atoms. The Morgan fingerprint density at radius 2 is 0.375 bits per heavy atom. The fourth-order valence-electron chi connectivity index (χ4n) is 0. The molecule has 0 heterocycles. The average Bonchev–Trinajstić information content (AvgIpc) is 0. The molecule has 0 aromatic carbocycles. The monoisotopic (exact) mass is 293 g/mol. The van der Waals surface area contributed by atoms with Gasteiger partial charge in [0, 0.05) is 0 Å². The zero-order valence-corrected chi connectivity index (χ0v) is 6.76. The summed E-state index contributed by atoms with van der Waals surface area (Å²) in [5.74, 6) is 0. The maximum absolute atomic E-state index is 0. The van der Waals surface area contributed by atoms with Crippen molar-refractivity contribution in [3.63, 3.8) is 0 Å². The van der Waals surface area contributed by atoms with Crippen molar-refractivity contribution in [1.29, 1.82) is 0 Å². The van der Waals surface area contributed by atoms with Gasteiger partial charge in [0.25, 0.3) is 0 Å². The minimum atomic E-state index is 0. The topological polar surface area (TPSA) is 180 Å². The van der Waals surface area contributed by atoms with E-state index in [-0.39, 0.29) is 88.4 Å². The number of hydrogen-bond donors (Lipinski definition) is 0. The van der Waals surface area contributed by atoms with E-state index in [1.165, 1.54) is 0 Å². The summed E-state index contributed by atoms with van der Waals surface area (Å²) < 4.78 is 0. The zero-order valence-electron chi connectivity index (χ0n) is 3.58. The van der Waals surface area contributed by atoms with Crippen LogP contribution in [-0.4, -0.2) is 50.2 Å². The molecule has 0 saturated carbocycles. The standard InChI is InChI=1S/Al.Dy.6H2O/h;;6*1H2/q2*+3;;;;;;/p-6. The van der Waals surface area contributed by atoms with E-state index in [2.05, 4.69) is 0 Å². The summed E-state index contributed by atoms with van der Waals surface area (Å²) in [6.07, 6.45) is 0. The van der Waals surface area contributed by atoms with Gasteiger partial charge >= 0.3 is 55.5 Å². The van der Waals surface area contributed by atoms with Crippen LogP contribution in [0.5, 0.6) is 0 Å². The van der Waals surface area contributed by atoms with Crippen LogP contribution in [0.25, 0.3) is 0 Å². The largest absolute Gasteiger partial charge is 3.00 e. The second-order valence-electron chi connectivity index (χ2n) is 0. The van der Waals surface area contributed by atoms with Crippen LogP contribution in [-0.2, 0) is 0 Å². The molecule has 0 spiro atoms. The number of rotatable bonds is 0. The van der Waals surface area contributed by atoms with Gasteiger partial charge in [-0.3, -0.25) is 0 Å². The summed E-state index contributed by atoms with van der Waals surface area (Å²) in [7, 11) is 0. The van der Waals surface area contributed by atoms with E-state index in [1.54, 1.807) is 0 Å². The van der Waals surface area contributed by atoms with Crippen molar-refractivity contribution in [3.05, 3.63) is 0 Å². The minimum Gasteiger partial charge on any atom is -0.870 e. The molecule has 0 aromatic heterocycles. The summed E-state index contributed by atoms with van der Waals surface area (Å²) in [6.45, 7) is 0. The number of hydrogen-bond acceptors (Lipinski definition) is 6. The molecule has 8 heteroatoms. The maximum Gasteiger partial charge on any atom is 3.00 e. The van der Waals surface area contributed by atoms with Gasteiger partial charge in [0.2, 0.25) is 0 Å². The van der Waals surface area contributed by atoms with Crippen molar-refractivity contribution >= 4 is 17.4 Å². The van der Waals surface area contributed by atoms with Crippen molar-refractivity contribution in [2.75, 3.05) is 0 Å². The van der Waals surface area contributed by atoms with Crippen molar-refractivity contribution in [2.45, 2.75) is 0 Å². The molecule has 0 unspecified atom stereocenters. The smallest absolute Gasteiger partial charge is 0.870 e. The molecule has 0 saturated heterocycles. The van der Waals surface area contributed by atoms with Crippen LogP contribution in [0.15, 0.2) is 0 Å². The third-order valence-corrected chi connectivity index (χ3v) is 0. The molecule has 0 bridgehead atoms. The first kappa shape index (κ1) is 286. The SMILES string of the molecule is [Al+3].[Dy+3].[OH-].[OH-].[OH-].[OH-].[OH-].[OH-]. The molecule has 0 aliphatic rings. The summed E-state index contributed by atoms with van der Waals surface area (Å²) in [6, 6.07) is 0. The normalized spacial score (nSPS) is 0. The van der Waals surface area contributed by atoms with Gasteiger partial charge in [-0.25, -0.2) is 0 Å². The Morgan fingerprint density at radius 3 is 0.375 bits per heavy atom. The van der Waals surface area contributed by atoms with E-state index in [0.717, 1.165) is 0 Å². The Morgan fingerprint density at radius 1 is 0.375 bits per heavy atom. The van der Waals surface area contributed by atoms with Crippen LogP contribution < -0.4 is 0 Å². The molecule has 0 amide bonds. The van der Waals surface area contributed by atoms with E-state index in [1.807, 2.05) is 0 Å². The van der Waals surface area contributed by atoms with Gasteiger partial charge in [0.05, 0.1) is 0 Å². The molecule has 6 nitrogen and oxygen atoms in total. The predicted octanol–water partition coefficient (Wildman–Crippen LogP) is -1.44. The molecule has 0 rings (SSSR count). The Bertz CT molecular complexity index is 8.49. The van der Waals surface area contributed by atoms with Gasteiger partial charge in [-0.05, 0) is 0 Å². The molecule has 0 aromatic rings. The van der Waals surface area contributed by atoms with Crippen LogP contribution in [0.2, 0.25) is 0 Å². The molecule has 0 aliphatic carbocycles. The van der Waals surface area contributed by atoms with E-state index in [0.29, 0.717) is 0 Å². The van der Waals surface area contributed by atoms with Crippen LogP contribution in [0.3, 0.4) is 0 Å². The molecule has 55 valence electrons. The molecule has 0 fully saturated rings. The molecular weight excluding hydrogens is 285 g/mol. The maximum atomic E-state index is 0. The molecular formula is H6AlDyO6. The van der Waals surface area contributed by atoms with Gasteiger partial charge in [-0.2, -0.15) is 0 Å². The zero-order chi connectivity index (χ0) is 0. The van der Waals surface area contributed by atoms with E-state index in [4.69, 9.17) is 0 Å². The Balaban J connectivity index is 0. The van der Waals surface area contributed by atoms with Crippen LogP contribution in [0, 0.1) is 38.2 Å². The van der Waals surface area contributed by atoms with Crippen molar-refractivity contribution in [3.8, 4) is 0 Å². The van der Waals surface area contributed by atoms with Crippen LogP contribution in [0.1, 0.15) is 0 Å². The molecule has 0 aliphatic heterocycles. The van der Waals surface area contributed by atoms with Gasteiger partial charge in [0.15, 0.2) is 0 Å². The second kappa shape index (κ2) is 200. The Labute approximate surface area is 87.7 Å². The van der Waals surface area contributed by atoms with Crippen LogP contribution >= 0.6 is 0 Å². The summed E-state index contributed by atoms with van der Waals surface area (Å²) in [4.78, 5) is 0. The quantitative estimate of drug-likeness (QED) is 0.492. The Hall–Kier alpha value is 1.57. The summed E-state index contributed by atoms with van der Waals surface area (Å²) in [5.41, 5.74) is 0. The van der Waals surface area contributed by atoms with Gasteiger partial charge in [-0.1, -0.05) is 0 Å². The predicted molar refractivity (Wildman–Crippen MR) is 17.4 cm³/mol. The third-order valence-electron chi connectivity index (χ3n) is 0. The fourth-order valence-corrected chi connectivity index (χ4v) is 0. The van der Waals surface area contributed by atoms with Crippen LogP contribution in [0.4, 0.5) is 0 Å². The molecule has 1 radical (unpaired) electrons. The summed E-state index contributed by atoms with van der Waals surface area (Å²) in [5, 5.41) is 0. The van der Waals surface area contributed by atoms with Gasteiger partial charge < -0.3 is 32.9 Å². The molecule has 0 atom stereocenters. The van der Waals surface area contributed by atoms with Gasteiger partial charge in [-0.15, -0.1) is 0 Å². The van der Waals surface area contributed by atoms with Crippen molar-refractivity contribution in [2.24, 2.45) is 0 Å². The first-order valence-electron chi connectivity index (χ1n) is 0. The Kier molecular flexibility index (Phi) is 7160. The van der Waals surface area contributed by atoms with Crippen molar-refractivity contribution in [1.82, 2.24) is 0 Å². The minimum absolute atomic E-state index is 0. The second-order valence-corrected chi connectivity index (χ2v) is 0. The van der Waals surface area contributed by atoms with E-state index < -0.39 is 0 Å². The summed E-state index contributed by atoms with van der Waals surface area (Å²) >= 11 is 0. The fraction of sp³-hybridized carbons (Fsp3) is 0. The van der Waals surface area contributed by atoms with Crippen molar-refractivity contribution < 1.29 is 71.0 Å². The van der Waals surface area contributed by atoms with Gasteiger partial charge in [0.1, 0.15) is 0 Å². The third kappa shape index (κ3) is 133. The average molecular weight is 292 g/mol. The van der Waals surface area contributed by atoms with E-state index in [9.17, 15) is 0 Å². The first-order chi connectivity index (χ1) is 0. The molecule has 6 N–H and O–H groups in total.